The Bertz CT molecular complexity index is 1060. The molecule has 0 saturated heterocycles. The van der Waals surface area contributed by atoms with E-state index in [2.05, 4.69) is 10.3 Å². The van der Waals surface area contributed by atoms with E-state index in [0.29, 0.717) is 10.6 Å². The van der Waals surface area contributed by atoms with Gasteiger partial charge in [-0.3, -0.25) is 4.79 Å². The van der Waals surface area contributed by atoms with E-state index >= 15 is 0 Å². The highest BCUT2D eigenvalue weighted by atomic mass is 32.2. The lowest BCUT2D eigenvalue weighted by molar-refractivity contribution is -0.120. The van der Waals surface area contributed by atoms with Crippen LogP contribution in [0.5, 0.6) is 0 Å². The first-order chi connectivity index (χ1) is 12.8. The molecule has 3 rings (SSSR count). The highest BCUT2D eigenvalue weighted by molar-refractivity contribution is 7.89. The van der Waals surface area contributed by atoms with Crippen molar-refractivity contribution >= 4 is 27.3 Å². The number of hydrogen-bond donors (Lipinski definition) is 2. The molecule has 0 fully saturated rings. The third-order valence-corrected chi connectivity index (χ3v) is 5.69. The fourth-order valence-electron chi connectivity index (χ4n) is 2.37. The van der Waals surface area contributed by atoms with Crippen molar-refractivity contribution < 1.29 is 17.6 Å². The highest BCUT2D eigenvalue weighted by Crippen LogP contribution is 2.27. The maximum Gasteiger partial charge on any atom is 0.238 e. The fraction of sp³-hybridized carbons (Fsp3) is 0.111. The van der Waals surface area contributed by atoms with E-state index in [1.807, 2.05) is 0 Å². The van der Waals surface area contributed by atoms with Gasteiger partial charge in [-0.2, -0.15) is 0 Å². The van der Waals surface area contributed by atoms with Crippen LogP contribution < -0.4 is 10.5 Å². The maximum absolute atomic E-state index is 13.8. The number of carbonyl (C=O) groups excluding carboxylic acids is 1. The standard InChI is InChI=1S/C18H16FN3O3S2/c19-16-4-2-1-3-15(16)18-22-11-13(26-18)9-17(23)21-10-12-5-7-14(8-6-12)27(20,24)25/h1-8,11H,9-10H2,(H,21,23)(H2,20,24,25). The second kappa shape index (κ2) is 7.95. The molecule has 0 spiro atoms. The Morgan fingerprint density at radius 1 is 1.15 bits per heavy atom. The number of thiazole rings is 1. The lowest BCUT2D eigenvalue weighted by atomic mass is 10.2. The molecule has 0 aliphatic heterocycles. The first-order valence-corrected chi connectivity index (χ1v) is 10.3. The van der Waals surface area contributed by atoms with E-state index in [1.54, 1.807) is 36.5 Å². The number of primary sulfonamides is 1. The minimum absolute atomic E-state index is 0.0166. The molecule has 0 aliphatic carbocycles. The van der Waals surface area contributed by atoms with E-state index < -0.39 is 10.0 Å². The number of carbonyl (C=O) groups is 1. The smallest absolute Gasteiger partial charge is 0.238 e. The van der Waals surface area contributed by atoms with Crippen molar-refractivity contribution in [3.8, 4) is 10.6 Å². The molecule has 3 N–H and O–H groups in total. The Morgan fingerprint density at radius 3 is 2.52 bits per heavy atom. The van der Waals surface area contributed by atoms with Gasteiger partial charge < -0.3 is 5.32 Å². The Labute approximate surface area is 159 Å². The first-order valence-electron chi connectivity index (χ1n) is 7.91. The molecule has 27 heavy (non-hydrogen) atoms. The molecule has 0 aliphatic rings. The van der Waals surface area contributed by atoms with Crippen LogP contribution in [-0.4, -0.2) is 19.3 Å². The number of halogens is 1. The molecule has 3 aromatic rings. The molecule has 0 atom stereocenters. The minimum Gasteiger partial charge on any atom is -0.352 e. The summed E-state index contributed by atoms with van der Waals surface area (Å²) in [6.07, 6.45) is 1.69. The summed E-state index contributed by atoms with van der Waals surface area (Å²) in [5.74, 6) is -0.569. The summed E-state index contributed by atoms with van der Waals surface area (Å²) in [6.45, 7) is 0.253. The van der Waals surface area contributed by atoms with Crippen molar-refractivity contribution in [3.63, 3.8) is 0 Å². The summed E-state index contributed by atoms with van der Waals surface area (Å²) in [6, 6.07) is 12.3. The van der Waals surface area contributed by atoms with Crippen molar-refractivity contribution in [1.29, 1.82) is 0 Å². The number of rotatable bonds is 6. The van der Waals surface area contributed by atoms with Crippen LogP contribution in [0.2, 0.25) is 0 Å². The summed E-state index contributed by atoms with van der Waals surface area (Å²) in [7, 11) is -3.73. The zero-order chi connectivity index (χ0) is 19.4. The zero-order valence-corrected chi connectivity index (χ0v) is 15.7. The lowest BCUT2D eigenvalue weighted by Gasteiger charge is -2.05. The van der Waals surface area contributed by atoms with Crippen LogP contribution >= 0.6 is 11.3 Å². The van der Waals surface area contributed by atoms with E-state index in [9.17, 15) is 17.6 Å². The Morgan fingerprint density at radius 2 is 1.85 bits per heavy atom. The van der Waals surface area contributed by atoms with Crippen LogP contribution in [0.4, 0.5) is 4.39 Å². The number of sulfonamides is 1. The van der Waals surface area contributed by atoms with Crippen LogP contribution in [0.15, 0.2) is 59.6 Å². The zero-order valence-electron chi connectivity index (χ0n) is 14.1. The molecule has 1 aromatic heterocycles. The second-order valence-electron chi connectivity index (χ2n) is 5.75. The quantitative estimate of drug-likeness (QED) is 0.658. The van der Waals surface area contributed by atoms with E-state index in [0.717, 1.165) is 10.4 Å². The van der Waals surface area contributed by atoms with Gasteiger partial charge in [0.25, 0.3) is 0 Å². The average molecular weight is 405 g/mol. The number of benzene rings is 2. The summed E-state index contributed by atoms with van der Waals surface area (Å²) in [5, 5.41) is 8.32. The fourth-order valence-corrected chi connectivity index (χ4v) is 3.82. The maximum atomic E-state index is 13.8. The van der Waals surface area contributed by atoms with Gasteiger partial charge in [-0.05, 0) is 29.8 Å². The number of amides is 1. The Balaban J connectivity index is 1.58. The molecule has 9 heteroatoms. The van der Waals surface area contributed by atoms with Crippen LogP contribution in [0.1, 0.15) is 10.4 Å². The molecule has 1 heterocycles. The normalized spacial score (nSPS) is 11.3. The summed E-state index contributed by atoms with van der Waals surface area (Å²) < 4.78 is 36.2. The molecule has 2 aromatic carbocycles. The van der Waals surface area contributed by atoms with Crippen molar-refractivity contribution in [2.24, 2.45) is 5.14 Å². The summed E-state index contributed by atoms with van der Waals surface area (Å²) in [4.78, 5) is 17.0. The van der Waals surface area contributed by atoms with E-state index in [1.165, 1.54) is 29.5 Å². The predicted molar refractivity (Wildman–Crippen MR) is 101 cm³/mol. The van der Waals surface area contributed by atoms with Gasteiger partial charge in [-0.1, -0.05) is 24.3 Å². The first kappa shape index (κ1) is 19.2. The molecule has 140 valence electrons. The highest BCUT2D eigenvalue weighted by Gasteiger charge is 2.12. The number of nitrogens with zero attached hydrogens (tertiary/aromatic N) is 1. The SMILES string of the molecule is NS(=O)(=O)c1ccc(CNC(=O)Cc2cnc(-c3ccccc3F)s2)cc1. The molecular formula is C18H16FN3O3S2. The molecule has 6 nitrogen and oxygen atoms in total. The lowest BCUT2D eigenvalue weighted by Crippen LogP contribution is -2.24. The van der Waals surface area contributed by atoms with Gasteiger partial charge in [-0.25, -0.2) is 22.9 Å². The minimum atomic E-state index is -3.73. The monoisotopic (exact) mass is 405 g/mol. The number of hydrogen-bond acceptors (Lipinski definition) is 5. The van der Waals surface area contributed by atoms with E-state index in [-0.39, 0.29) is 29.6 Å². The van der Waals surface area contributed by atoms with Gasteiger partial charge in [0, 0.05) is 23.2 Å². The van der Waals surface area contributed by atoms with Crippen molar-refractivity contribution in [2.45, 2.75) is 17.9 Å². The molecule has 0 unspecified atom stereocenters. The van der Waals surface area contributed by atoms with Crippen molar-refractivity contribution in [1.82, 2.24) is 10.3 Å². The third-order valence-electron chi connectivity index (χ3n) is 3.73. The summed E-state index contributed by atoms with van der Waals surface area (Å²) in [5.41, 5.74) is 1.15. The van der Waals surface area contributed by atoms with Crippen molar-refractivity contribution in [2.75, 3.05) is 0 Å². The van der Waals surface area contributed by atoms with Gasteiger partial charge in [0.2, 0.25) is 15.9 Å². The third kappa shape index (κ3) is 4.97. The molecule has 0 saturated carbocycles. The molecule has 0 radical (unpaired) electrons. The van der Waals surface area contributed by atoms with Gasteiger partial charge in [0.15, 0.2) is 0 Å². The average Bonchev–Trinajstić information content (AvgIpc) is 3.08. The van der Waals surface area contributed by atoms with Gasteiger partial charge in [0.1, 0.15) is 10.8 Å². The largest absolute Gasteiger partial charge is 0.352 e. The molecule has 1 amide bonds. The van der Waals surface area contributed by atoms with E-state index in [4.69, 9.17) is 5.14 Å². The number of nitrogens with two attached hydrogens (primary N) is 1. The Kier molecular flexibility index (Phi) is 5.64. The van der Waals surface area contributed by atoms with Gasteiger partial charge in [-0.15, -0.1) is 11.3 Å². The van der Waals surface area contributed by atoms with Gasteiger partial charge in [0.05, 0.1) is 11.3 Å². The van der Waals surface area contributed by atoms with Gasteiger partial charge >= 0.3 is 0 Å². The van der Waals surface area contributed by atoms with Crippen LogP contribution in [0, 0.1) is 5.82 Å². The van der Waals surface area contributed by atoms with Crippen molar-refractivity contribution in [3.05, 3.63) is 71.0 Å². The molecular weight excluding hydrogens is 389 g/mol. The van der Waals surface area contributed by atoms with Crippen LogP contribution in [0.3, 0.4) is 0 Å². The second-order valence-corrected chi connectivity index (χ2v) is 8.43. The molecule has 0 bridgehead atoms. The van der Waals surface area contributed by atoms with Crippen LogP contribution in [-0.2, 0) is 27.8 Å². The Hall–Kier alpha value is -2.62. The number of nitrogens with one attached hydrogen (secondary N) is 1. The van der Waals surface area contributed by atoms with Crippen LogP contribution in [0.25, 0.3) is 10.6 Å². The predicted octanol–water partition coefficient (Wildman–Crippen LogP) is 2.46. The number of aromatic nitrogens is 1. The topological polar surface area (TPSA) is 102 Å². The summed E-state index contributed by atoms with van der Waals surface area (Å²) >= 11 is 1.26.